The number of rotatable bonds is 5. The van der Waals surface area contributed by atoms with Crippen LogP contribution in [0.1, 0.15) is 4.88 Å². The summed E-state index contributed by atoms with van der Waals surface area (Å²) in [5.41, 5.74) is 0. The molecule has 0 atom stereocenters. The van der Waals surface area contributed by atoms with Gasteiger partial charge in [0.05, 0.1) is 10.1 Å². The second-order valence-corrected chi connectivity index (χ2v) is 9.63. The van der Waals surface area contributed by atoms with E-state index in [0.717, 1.165) is 52.3 Å². The van der Waals surface area contributed by atoms with Crippen LogP contribution in [0.15, 0.2) is 34.9 Å². The van der Waals surface area contributed by atoms with E-state index < -0.39 is 0 Å². The number of hydrogen-bond donors (Lipinski definition) is 0. The lowest BCUT2D eigenvalue weighted by atomic mass is 10.3. The quantitative estimate of drug-likeness (QED) is 0.460. The highest BCUT2D eigenvalue weighted by molar-refractivity contribution is 8.00. The Morgan fingerprint density at radius 1 is 1.19 bits per heavy atom. The summed E-state index contributed by atoms with van der Waals surface area (Å²) in [4.78, 5) is 27.7. The molecule has 4 heterocycles. The molecule has 0 aliphatic carbocycles. The molecule has 1 saturated heterocycles. The lowest BCUT2D eigenvalue weighted by Crippen LogP contribution is -2.48. The van der Waals surface area contributed by atoms with Crippen molar-refractivity contribution in [3.63, 3.8) is 0 Å². The summed E-state index contributed by atoms with van der Waals surface area (Å²) < 4.78 is 0.829. The topological polar surface area (TPSA) is 49.3 Å². The Bertz CT molecular complexity index is 904. The van der Waals surface area contributed by atoms with E-state index in [2.05, 4.69) is 20.9 Å². The molecule has 0 spiro atoms. The number of thiophene rings is 2. The van der Waals surface area contributed by atoms with E-state index in [1.54, 1.807) is 29.0 Å². The third-order valence-electron chi connectivity index (χ3n) is 4.29. The Kier molecular flexibility index (Phi) is 5.75. The summed E-state index contributed by atoms with van der Waals surface area (Å²) in [6.45, 7) is 4.25. The first-order chi connectivity index (χ1) is 12.7. The number of amides is 1. The molecule has 26 heavy (non-hydrogen) atoms. The molecule has 1 aliphatic heterocycles. The normalized spacial score (nSPS) is 15.7. The zero-order valence-corrected chi connectivity index (χ0v) is 17.1. The first-order valence-corrected chi connectivity index (χ1v) is 11.3. The van der Waals surface area contributed by atoms with Gasteiger partial charge in [-0.2, -0.15) is 0 Å². The minimum Gasteiger partial charge on any atom is -0.339 e. The Morgan fingerprint density at radius 2 is 2.04 bits per heavy atom. The Balaban J connectivity index is 1.28. The molecular weight excluding hydrogens is 408 g/mol. The second kappa shape index (κ2) is 8.22. The van der Waals surface area contributed by atoms with Gasteiger partial charge in [-0.05, 0) is 23.6 Å². The Labute approximate surface area is 169 Å². The average molecular weight is 425 g/mol. The predicted molar refractivity (Wildman–Crippen MR) is 109 cm³/mol. The van der Waals surface area contributed by atoms with E-state index in [1.165, 1.54) is 16.6 Å². The standard InChI is InChI=1S/C17H17ClN4OS3/c18-14-2-1-12(26-14)9-21-4-6-22(7-5-21)15(23)10-25-17-13-3-8-24-16(13)19-11-20-17/h1-3,8,11H,4-7,9-10H2. The maximum atomic E-state index is 12.5. The van der Waals surface area contributed by atoms with Gasteiger partial charge in [0.2, 0.25) is 5.91 Å². The molecule has 1 fully saturated rings. The van der Waals surface area contributed by atoms with Crippen molar-refractivity contribution in [2.45, 2.75) is 11.6 Å². The first kappa shape index (κ1) is 18.2. The van der Waals surface area contributed by atoms with Crippen LogP contribution in [0.25, 0.3) is 10.2 Å². The molecule has 0 bridgehead atoms. The number of halogens is 1. The number of piperazine rings is 1. The van der Waals surface area contributed by atoms with Crippen molar-refractivity contribution in [3.8, 4) is 0 Å². The largest absolute Gasteiger partial charge is 0.339 e. The van der Waals surface area contributed by atoms with Gasteiger partial charge in [0.25, 0.3) is 0 Å². The van der Waals surface area contributed by atoms with Crippen molar-refractivity contribution < 1.29 is 4.79 Å². The molecule has 0 unspecified atom stereocenters. The van der Waals surface area contributed by atoms with Gasteiger partial charge >= 0.3 is 0 Å². The number of thioether (sulfide) groups is 1. The van der Waals surface area contributed by atoms with E-state index in [0.29, 0.717) is 5.75 Å². The molecular formula is C17H17ClN4OS3. The molecule has 9 heteroatoms. The highest BCUT2D eigenvalue weighted by Gasteiger charge is 2.22. The third kappa shape index (κ3) is 4.20. The van der Waals surface area contributed by atoms with E-state index in [9.17, 15) is 4.79 Å². The number of hydrogen-bond acceptors (Lipinski definition) is 7. The van der Waals surface area contributed by atoms with Crippen LogP contribution in [0, 0.1) is 0 Å². The van der Waals surface area contributed by atoms with Gasteiger partial charge in [0, 0.05) is 43.0 Å². The van der Waals surface area contributed by atoms with Gasteiger partial charge in [-0.3, -0.25) is 9.69 Å². The van der Waals surface area contributed by atoms with Crippen LogP contribution in [0.5, 0.6) is 0 Å². The van der Waals surface area contributed by atoms with Gasteiger partial charge in [0.1, 0.15) is 16.2 Å². The fraction of sp³-hybridized carbons (Fsp3) is 0.353. The summed E-state index contributed by atoms with van der Waals surface area (Å²) in [6, 6.07) is 6.03. The molecule has 3 aromatic rings. The molecule has 4 rings (SSSR count). The third-order valence-corrected chi connectivity index (χ3v) is 7.32. The highest BCUT2D eigenvalue weighted by Crippen LogP contribution is 2.28. The number of fused-ring (bicyclic) bond motifs is 1. The Morgan fingerprint density at radius 3 is 2.81 bits per heavy atom. The molecule has 0 N–H and O–H groups in total. The minimum absolute atomic E-state index is 0.177. The zero-order valence-electron chi connectivity index (χ0n) is 13.9. The predicted octanol–water partition coefficient (Wildman–Crippen LogP) is 3.84. The van der Waals surface area contributed by atoms with Gasteiger partial charge in [-0.1, -0.05) is 23.4 Å². The van der Waals surface area contributed by atoms with Crippen molar-refractivity contribution >= 4 is 62.2 Å². The van der Waals surface area contributed by atoms with Crippen LogP contribution in [0.3, 0.4) is 0 Å². The molecule has 0 saturated carbocycles. The molecule has 136 valence electrons. The van der Waals surface area contributed by atoms with Gasteiger partial charge in [0.15, 0.2) is 0 Å². The van der Waals surface area contributed by atoms with Gasteiger partial charge < -0.3 is 4.90 Å². The number of carbonyl (C=O) groups is 1. The maximum absolute atomic E-state index is 12.5. The number of aromatic nitrogens is 2. The van der Waals surface area contributed by atoms with Crippen molar-refractivity contribution in [1.82, 2.24) is 19.8 Å². The minimum atomic E-state index is 0.177. The molecule has 3 aromatic heterocycles. The van der Waals surface area contributed by atoms with E-state index >= 15 is 0 Å². The average Bonchev–Trinajstić information content (AvgIpc) is 3.29. The van der Waals surface area contributed by atoms with Crippen molar-refractivity contribution in [2.24, 2.45) is 0 Å². The lowest BCUT2D eigenvalue weighted by Gasteiger charge is -2.34. The van der Waals surface area contributed by atoms with Crippen LogP contribution in [-0.4, -0.2) is 57.6 Å². The van der Waals surface area contributed by atoms with Crippen molar-refractivity contribution in [3.05, 3.63) is 39.1 Å². The summed E-state index contributed by atoms with van der Waals surface area (Å²) in [6.07, 6.45) is 1.57. The van der Waals surface area contributed by atoms with Crippen LogP contribution in [0.2, 0.25) is 4.34 Å². The summed E-state index contributed by atoms with van der Waals surface area (Å²) in [7, 11) is 0. The van der Waals surface area contributed by atoms with Crippen LogP contribution >= 0.6 is 46.0 Å². The molecule has 0 aromatic carbocycles. The molecule has 0 radical (unpaired) electrons. The molecule has 1 aliphatic rings. The van der Waals surface area contributed by atoms with E-state index in [1.807, 2.05) is 22.4 Å². The van der Waals surface area contributed by atoms with Crippen LogP contribution in [0.4, 0.5) is 0 Å². The second-order valence-electron chi connectivity index (χ2n) is 5.97. The zero-order chi connectivity index (χ0) is 17.9. The summed E-state index contributed by atoms with van der Waals surface area (Å²) in [5.74, 6) is 0.596. The summed E-state index contributed by atoms with van der Waals surface area (Å²) >= 11 is 10.7. The van der Waals surface area contributed by atoms with E-state index in [-0.39, 0.29) is 5.91 Å². The van der Waals surface area contributed by atoms with Crippen LogP contribution < -0.4 is 0 Å². The number of nitrogens with zero attached hydrogens (tertiary/aromatic N) is 4. The fourth-order valence-corrected chi connectivity index (χ4v) is 5.73. The number of carbonyl (C=O) groups excluding carboxylic acids is 1. The maximum Gasteiger partial charge on any atom is 0.233 e. The fourth-order valence-electron chi connectivity index (χ4n) is 2.92. The molecule has 5 nitrogen and oxygen atoms in total. The first-order valence-electron chi connectivity index (χ1n) is 8.24. The smallest absolute Gasteiger partial charge is 0.233 e. The Hall–Kier alpha value is -1.19. The molecule has 1 amide bonds. The summed E-state index contributed by atoms with van der Waals surface area (Å²) in [5, 5.41) is 3.93. The van der Waals surface area contributed by atoms with Crippen LogP contribution in [-0.2, 0) is 11.3 Å². The highest BCUT2D eigenvalue weighted by atomic mass is 35.5. The lowest BCUT2D eigenvalue weighted by molar-refractivity contribution is -0.130. The SMILES string of the molecule is O=C(CSc1ncnc2sccc12)N1CCN(Cc2ccc(Cl)s2)CC1. The monoisotopic (exact) mass is 424 g/mol. The van der Waals surface area contributed by atoms with Gasteiger partial charge in [-0.15, -0.1) is 22.7 Å². The van der Waals surface area contributed by atoms with Crippen molar-refractivity contribution in [2.75, 3.05) is 31.9 Å². The van der Waals surface area contributed by atoms with E-state index in [4.69, 9.17) is 11.6 Å². The van der Waals surface area contributed by atoms with Gasteiger partial charge in [-0.25, -0.2) is 9.97 Å². The van der Waals surface area contributed by atoms with Crippen molar-refractivity contribution in [1.29, 1.82) is 0 Å².